The van der Waals surface area contributed by atoms with E-state index in [2.05, 4.69) is 11.4 Å². The molecule has 18 heavy (non-hydrogen) atoms. The van der Waals surface area contributed by atoms with Gasteiger partial charge in [0, 0.05) is 12.6 Å². The Morgan fingerprint density at radius 2 is 2.00 bits per heavy atom. The molecule has 1 aliphatic carbocycles. The van der Waals surface area contributed by atoms with Crippen LogP contribution in [0.25, 0.3) is 0 Å². The largest absolute Gasteiger partial charge is 0.396 e. The molecule has 100 valence electrons. The van der Waals surface area contributed by atoms with Gasteiger partial charge in [0.25, 0.3) is 0 Å². The number of aliphatic hydroxyl groups is 1. The number of aliphatic hydroxyl groups excluding tert-OH is 1. The van der Waals surface area contributed by atoms with E-state index in [0.717, 1.165) is 19.4 Å². The van der Waals surface area contributed by atoms with E-state index in [1.54, 1.807) is 0 Å². The molecule has 0 radical (unpaired) electrons. The van der Waals surface area contributed by atoms with Crippen molar-refractivity contribution in [3.63, 3.8) is 0 Å². The second-order valence-corrected chi connectivity index (χ2v) is 5.66. The van der Waals surface area contributed by atoms with Crippen molar-refractivity contribution < 1.29 is 5.11 Å². The van der Waals surface area contributed by atoms with Gasteiger partial charge in [-0.1, -0.05) is 29.3 Å². The van der Waals surface area contributed by atoms with E-state index in [1.165, 1.54) is 18.4 Å². The fourth-order valence-electron chi connectivity index (χ4n) is 2.41. The van der Waals surface area contributed by atoms with Gasteiger partial charge < -0.3 is 10.4 Å². The highest BCUT2D eigenvalue weighted by Crippen LogP contribution is 2.38. The number of halogens is 2. The van der Waals surface area contributed by atoms with Crippen LogP contribution in [0.3, 0.4) is 0 Å². The van der Waals surface area contributed by atoms with Gasteiger partial charge in [-0.3, -0.25) is 0 Å². The second-order valence-electron chi connectivity index (χ2n) is 4.85. The lowest BCUT2D eigenvalue weighted by molar-refractivity contribution is 0.264. The zero-order valence-electron chi connectivity index (χ0n) is 10.3. The quantitative estimate of drug-likeness (QED) is 0.784. The van der Waals surface area contributed by atoms with E-state index in [9.17, 15) is 0 Å². The van der Waals surface area contributed by atoms with E-state index in [1.807, 2.05) is 12.1 Å². The summed E-state index contributed by atoms with van der Waals surface area (Å²) in [6.45, 7) is 1.26. The zero-order chi connectivity index (χ0) is 13.0. The summed E-state index contributed by atoms with van der Waals surface area (Å²) in [5, 5.41) is 13.5. The molecule has 1 fully saturated rings. The van der Waals surface area contributed by atoms with E-state index < -0.39 is 0 Å². The third-order valence-corrected chi connectivity index (χ3v) is 4.38. The summed E-state index contributed by atoms with van der Waals surface area (Å²) in [4.78, 5) is 0. The third kappa shape index (κ3) is 3.39. The summed E-state index contributed by atoms with van der Waals surface area (Å²) >= 11 is 12.0. The van der Waals surface area contributed by atoms with Crippen molar-refractivity contribution in [3.8, 4) is 0 Å². The number of hydrogen-bond donors (Lipinski definition) is 2. The number of hydrogen-bond acceptors (Lipinski definition) is 2. The maximum Gasteiger partial charge on any atom is 0.0595 e. The fraction of sp³-hybridized carbons (Fsp3) is 0.571. The average Bonchev–Trinajstić information content (AvgIpc) is 2.32. The van der Waals surface area contributed by atoms with Crippen molar-refractivity contribution in [1.29, 1.82) is 0 Å². The Hall–Kier alpha value is -0.280. The predicted octanol–water partition coefficient (Wildman–Crippen LogP) is 3.60. The topological polar surface area (TPSA) is 32.3 Å². The summed E-state index contributed by atoms with van der Waals surface area (Å²) in [6.07, 6.45) is 4.32. The van der Waals surface area contributed by atoms with Crippen LogP contribution in [0.4, 0.5) is 0 Å². The molecule has 2 unspecified atom stereocenters. The number of unbranched alkanes of at least 4 members (excludes halogenated alkanes) is 1. The first-order valence-corrected chi connectivity index (χ1v) is 7.27. The Morgan fingerprint density at radius 1 is 1.17 bits per heavy atom. The van der Waals surface area contributed by atoms with Gasteiger partial charge in [0.15, 0.2) is 0 Å². The molecular formula is C14H19Cl2NO. The molecule has 2 nitrogen and oxygen atoms in total. The molecule has 4 heteroatoms. The van der Waals surface area contributed by atoms with Crippen LogP contribution in [-0.4, -0.2) is 24.3 Å². The summed E-state index contributed by atoms with van der Waals surface area (Å²) in [6, 6.07) is 6.47. The minimum absolute atomic E-state index is 0.280. The van der Waals surface area contributed by atoms with E-state index >= 15 is 0 Å². The molecule has 0 aromatic heterocycles. The Morgan fingerprint density at radius 3 is 2.61 bits per heavy atom. The Bertz CT molecular complexity index is 397. The van der Waals surface area contributed by atoms with Crippen molar-refractivity contribution in [2.45, 2.75) is 37.6 Å². The number of nitrogens with one attached hydrogen (secondary N) is 1. The Kier molecular flexibility index (Phi) is 5.31. The third-order valence-electron chi connectivity index (χ3n) is 3.64. The molecule has 0 aliphatic heterocycles. The first kappa shape index (κ1) is 14.1. The summed E-state index contributed by atoms with van der Waals surface area (Å²) < 4.78 is 0. The fourth-order valence-corrected chi connectivity index (χ4v) is 2.72. The van der Waals surface area contributed by atoms with Crippen LogP contribution in [0.15, 0.2) is 18.2 Å². The molecule has 1 aliphatic rings. The highest BCUT2D eigenvalue weighted by molar-refractivity contribution is 6.42. The highest BCUT2D eigenvalue weighted by atomic mass is 35.5. The maximum absolute atomic E-state index is 8.73. The Labute approximate surface area is 118 Å². The van der Waals surface area contributed by atoms with Crippen molar-refractivity contribution in [3.05, 3.63) is 33.8 Å². The van der Waals surface area contributed by atoms with E-state index in [0.29, 0.717) is 22.0 Å². The van der Waals surface area contributed by atoms with Crippen LogP contribution in [0.5, 0.6) is 0 Å². The van der Waals surface area contributed by atoms with Crippen molar-refractivity contribution in [2.75, 3.05) is 13.2 Å². The van der Waals surface area contributed by atoms with Crippen molar-refractivity contribution >= 4 is 23.2 Å². The smallest absolute Gasteiger partial charge is 0.0595 e. The molecule has 0 saturated heterocycles. The first-order valence-electron chi connectivity index (χ1n) is 6.51. The standard InChI is InChI=1S/C14H19Cl2NO/c15-12-5-3-10(9-13(12)16)11-4-6-14(11)17-7-1-2-8-18/h3,5,9,11,14,17-18H,1-2,4,6-8H2. The van der Waals surface area contributed by atoms with Crippen LogP contribution in [0.1, 0.15) is 37.2 Å². The monoisotopic (exact) mass is 287 g/mol. The number of benzene rings is 1. The summed E-state index contributed by atoms with van der Waals surface area (Å²) in [5.41, 5.74) is 1.27. The average molecular weight is 288 g/mol. The van der Waals surface area contributed by atoms with Crippen LogP contribution >= 0.6 is 23.2 Å². The summed E-state index contributed by atoms with van der Waals surface area (Å²) in [7, 11) is 0. The molecule has 0 bridgehead atoms. The van der Waals surface area contributed by atoms with Gasteiger partial charge in [0.05, 0.1) is 10.0 Å². The van der Waals surface area contributed by atoms with Gasteiger partial charge in [-0.2, -0.15) is 0 Å². The second kappa shape index (κ2) is 6.76. The zero-order valence-corrected chi connectivity index (χ0v) is 11.8. The Balaban J connectivity index is 1.87. The summed E-state index contributed by atoms with van der Waals surface area (Å²) in [5.74, 6) is 0.550. The molecule has 2 rings (SSSR count). The van der Waals surface area contributed by atoms with Crippen LogP contribution in [0.2, 0.25) is 10.0 Å². The minimum Gasteiger partial charge on any atom is -0.396 e. The molecule has 0 amide bonds. The molecule has 1 saturated carbocycles. The molecular weight excluding hydrogens is 269 g/mol. The van der Waals surface area contributed by atoms with E-state index in [-0.39, 0.29) is 6.61 Å². The van der Waals surface area contributed by atoms with Gasteiger partial charge >= 0.3 is 0 Å². The first-order chi connectivity index (χ1) is 8.72. The van der Waals surface area contributed by atoms with Gasteiger partial charge in [0.1, 0.15) is 0 Å². The van der Waals surface area contributed by atoms with Gasteiger partial charge in [-0.25, -0.2) is 0 Å². The predicted molar refractivity (Wildman–Crippen MR) is 76.5 cm³/mol. The van der Waals surface area contributed by atoms with Crippen LogP contribution in [0, 0.1) is 0 Å². The molecule has 1 aromatic rings. The maximum atomic E-state index is 8.73. The van der Waals surface area contributed by atoms with Gasteiger partial charge in [-0.05, 0) is 55.8 Å². The molecule has 1 aromatic carbocycles. The number of rotatable bonds is 6. The molecule has 2 N–H and O–H groups in total. The van der Waals surface area contributed by atoms with Gasteiger partial charge in [-0.15, -0.1) is 0 Å². The lowest BCUT2D eigenvalue weighted by atomic mass is 9.75. The molecule has 0 spiro atoms. The minimum atomic E-state index is 0.280. The SMILES string of the molecule is OCCCCNC1CCC1c1ccc(Cl)c(Cl)c1. The van der Waals surface area contributed by atoms with Gasteiger partial charge in [0.2, 0.25) is 0 Å². The van der Waals surface area contributed by atoms with Crippen molar-refractivity contribution in [1.82, 2.24) is 5.32 Å². The van der Waals surface area contributed by atoms with E-state index in [4.69, 9.17) is 28.3 Å². The highest BCUT2D eigenvalue weighted by Gasteiger charge is 2.31. The molecule has 0 heterocycles. The van der Waals surface area contributed by atoms with Crippen molar-refractivity contribution in [2.24, 2.45) is 0 Å². The lowest BCUT2D eigenvalue weighted by Gasteiger charge is -2.38. The van der Waals surface area contributed by atoms with Crippen LogP contribution < -0.4 is 5.32 Å². The lowest BCUT2D eigenvalue weighted by Crippen LogP contribution is -2.42. The van der Waals surface area contributed by atoms with Crippen LogP contribution in [-0.2, 0) is 0 Å². The normalized spacial score (nSPS) is 22.8. The molecule has 2 atom stereocenters.